The van der Waals surface area contributed by atoms with E-state index >= 15 is 0 Å². The molecule has 6 N–H and O–H groups in total. The molecule has 3 rings (SSSR count). The van der Waals surface area contributed by atoms with Crippen LogP contribution in [0.1, 0.15) is 58.5 Å². The fourth-order valence-electron chi connectivity index (χ4n) is 4.10. The van der Waals surface area contributed by atoms with Crippen molar-refractivity contribution in [3.8, 4) is 0 Å². The van der Waals surface area contributed by atoms with Crippen molar-refractivity contribution < 1.29 is 38.2 Å². The largest absolute Gasteiger partial charge is 0.468 e. The van der Waals surface area contributed by atoms with Crippen LogP contribution in [0, 0.1) is 0 Å². The minimum atomic E-state index is -1.65. The van der Waals surface area contributed by atoms with Crippen molar-refractivity contribution in [2.24, 2.45) is 11.5 Å². The molecular weight excluding hydrogens is 496 g/mol. The highest BCUT2D eigenvalue weighted by molar-refractivity contribution is 6.32. The molecule has 0 aliphatic heterocycles. The lowest BCUT2D eigenvalue weighted by Gasteiger charge is -2.25. The summed E-state index contributed by atoms with van der Waals surface area (Å²) in [6.45, 7) is 2.63. The smallest absolute Gasteiger partial charge is 0.326 e. The van der Waals surface area contributed by atoms with Crippen LogP contribution >= 0.6 is 0 Å². The van der Waals surface area contributed by atoms with Crippen molar-refractivity contribution in [3.63, 3.8) is 0 Å². The Morgan fingerprint density at radius 2 is 1.05 bits per heavy atom. The lowest BCUT2D eigenvalue weighted by molar-refractivity contribution is -0.148. The number of esters is 2. The molecule has 200 valence electrons. The van der Waals surface area contributed by atoms with E-state index in [1.54, 1.807) is 12.1 Å². The molecule has 2 aromatic rings. The van der Waals surface area contributed by atoms with Crippen LogP contribution in [0.3, 0.4) is 0 Å². The van der Waals surface area contributed by atoms with Gasteiger partial charge in [-0.1, -0.05) is 24.3 Å². The SMILES string of the molecule is COC(=O)[C@@](C)(N)CC(=O)Nc1ccc(NC(=O)C[C@](C)(N)C(=O)OC)c2c1C(=O)c1ccccc1C2=O. The van der Waals surface area contributed by atoms with E-state index in [4.69, 9.17) is 11.5 Å². The number of amides is 2. The molecule has 0 spiro atoms. The Morgan fingerprint density at radius 1 is 0.711 bits per heavy atom. The second-order valence-corrected chi connectivity index (χ2v) is 9.38. The van der Waals surface area contributed by atoms with Crippen molar-refractivity contribution in [1.82, 2.24) is 0 Å². The van der Waals surface area contributed by atoms with Gasteiger partial charge in [0.1, 0.15) is 11.1 Å². The summed E-state index contributed by atoms with van der Waals surface area (Å²) >= 11 is 0. The van der Waals surface area contributed by atoms with E-state index in [1.807, 2.05) is 0 Å². The molecule has 2 atom stereocenters. The maximum Gasteiger partial charge on any atom is 0.326 e. The molecule has 2 amide bonds. The van der Waals surface area contributed by atoms with Gasteiger partial charge in [0, 0.05) is 11.1 Å². The predicted molar refractivity (Wildman–Crippen MR) is 135 cm³/mol. The lowest BCUT2D eigenvalue weighted by atomic mass is 9.82. The highest BCUT2D eigenvalue weighted by Gasteiger charge is 2.37. The molecular formula is C26H28N4O8. The van der Waals surface area contributed by atoms with Crippen LogP contribution in [-0.2, 0) is 28.7 Å². The summed E-state index contributed by atoms with van der Waals surface area (Å²) < 4.78 is 9.23. The van der Waals surface area contributed by atoms with Crippen molar-refractivity contribution in [2.75, 3.05) is 24.9 Å². The van der Waals surface area contributed by atoms with E-state index in [0.717, 1.165) is 14.2 Å². The number of hydrogen-bond donors (Lipinski definition) is 4. The second kappa shape index (κ2) is 10.5. The number of hydrogen-bond acceptors (Lipinski definition) is 10. The molecule has 0 fully saturated rings. The number of nitrogens with two attached hydrogens (primary N) is 2. The molecule has 12 heteroatoms. The molecule has 1 aliphatic rings. The van der Waals surface area contributed by atoms with E-state index in [-0.39, 0.29) is 33.6 Å². The summed E-state index contributed by atoms with van der Waals surface area (Å²) in [4.78, 5) is 76.3. The van der Waals surface area contributed by atoms with Crippen molar-refractivity contribution in [3.05, 3.63) is 58.7 Å². The topological polar surface area (TPSA) is 197 Å². The number of carbonyl (C=O) groups is 6. The molecule has 0 saturated heterocycles. The van der Waals surface area contributed by atoms with E-state index in [2.05, 4.69) is 20.1 Å². The van der Waals surface area contributed by atoms with Crippen LogP contribution in [0.4, 0.5) is 11.4 Å². The highest BCUT2D eigenvalue weighted by atomic mass is 16.5. The lowest BCUT2D eigenvalue weighted by Crippen LogP contribution is -2.48. The minimum absolute atomic E-state index is 0.0188. The van der Waals surface area contributed by atoms with Gasteiger partial charge >= 0.3 is 11.9 Å². The second-order valence-electron chi connectivity index (χ2n) is 9.38. The molecule has 0 bridgehead atoms. The normalized spacial score (nSPS) is 15.2. The minimum Gasteiger partial charge on any atom is -0.468 e. The summed E-state index contributed by atoms with van der Waals surface area (Å²) in [5.41, 5.74) is 8.37. The summed E-state index contributed by atoms with van der Waals surface area (Å²) in [6.07, 6.45) is -0.956. The van der Waals surface area contributed by atoms with Crippen LogP contribution in [0.2, 0.25) is 0 Å². The van der Waals surface area contributed by atoms with Crippen LogP contribution in [0.15, 0.2) is 36.4 Å². The molecule has 38 heavy (non-hydrogen) atoms. The number of ether oxygens (including phenoxy) is 2. The number of nitrogens with one attached hydrogen (secondary N) is 2. The van der Waals surface area contributed by atoms with Gasteiger partial charge in [-0.25, -0.2) is 0 Å². The van der Waals surface area contributed by atoms with Gasteiger partial charge in [0.2, 0.25) is 11.8 Å². The van der Waals surface area contributed by atoms with E-state index in [0.29, 0.717) is 0 Å². The number of ketones is 2. The average Bonchev–Trinajstić information content (AvgIpc) is 2.86. The Bertz CT molecular complexity index is 1260. The summed E-state index contributed by atoms with van der Waals surface area (Å²) in [5, 5.41) is 5.07. The quantitative estimate of drug-likeness (QED) is 0.307. The summed E-state index contributed by atoms with van der Waals surface area (Å²) in [5.74, 6) is -4.18. The fourth-order valence-corrected chi connectivity index (χ4v) is 4.10. The van der Waals surface area contributed by atoms with Gasteiger partial charge < -0.3 is 31.6 Å². The Morgan fingerprint density at radius 3 is 1.37 bits per heavy atom. The molecule has 12 nitrogen and oxygen atoms in total. The van der Waals surface area contributed by atoms with Gasteiger partial charge in [-0.2, -0.15) is 0 Å². The Labute approximate surface area is 218 Å². The Balaban J connectivity index is 2.03. The van der Waals surface area contributed by atoms with Crippen molar-refractivity contribution in [1.29, 1.82) is 0 Å². The molecule has 0 aromatic heterocycles. The zero-order valence-corrected chi connectivity index (χ0v) is 21.3. The summed E-state index contributed by atoms with van der Waals surface area (Å²) in [6, 6.07) is 8.78. The number of benzene rings is 2. The van der Waals surface area contributed by atoms with Gasteiger partial charge in [-0.15, -0.1) is 0 Å². The third-order valence-corrected chi connectivity index (χ3v) is 5.98. The maximum absolute atomic E-state index is 13.5. The third kappa shape index (κ3) is 5.45. The summed E-state index contributed by atoms with van der Waals surface area (Å²) in [7, 11) is 2.27. The zero-order valence-electron chi connectivity index (χ0n) is 21.3. The van der Waals surface area contributed by atoms with Gasteiger partial charge in [0.15, 0.2) is 11.6 Å². The van der Waals surface area contributed by atoms with Crippen molar-refractivity contribution >= 4 is 46.7 Å². The van der Waals surface area contributed by atoms with Crippen molar-refractivity contribution in [2.45, 2.75) is 37.8 Å². The first-order chi connectivity index (χ1) is 17.7. The third-order valence-electron chi connectivity index (χ3n) is 5.98. The van der Waals surface area contributed by atoms with Gasteiger partial charge in [-0.3, -0.25) is 28.8 Å². The molecule has 0 heterocycles. The number of rotatable bonds is 8. The monoisotopic (exact) mass is 524 g/mol. The van der Waals surface area contributed by atoms with Crippen LogP contribution in [0.25, 0.3) is 0 Å². The van der Waals surface area contributed by atoms with E-state index in [9.17, 15) is 28.8 Å². The first-order valence-corrected chi connectivity index (χ1v) is 11.4. The van der Waals surface area contributed by atoms with Crippen LogP contribution < -0.4 is 22.1 Å². The molecule has 0 saturated carbocycles. The Hall–Kier alpha value is -4.42. The number of methoxy groups -OCH3 is 2. The molecule has 0 unspecified atom stereocenters. The van der Waals surface area contributed by atoms with Gasteiger partial charge in [0.25, 0.3) is 0 Å². The molecule has 2 aromatic carbocycles. The first-order valence-electron chi connectivity index (χ1n) is 11.4. The van der Waals surface area contributed by atoms with Crippen LogP contribution in [0.5, 0.6) is 0 Å². The Kier molecular flexibility index (Phi) is 7.79. The number of fused-ring (bicyclic) bond motifs is 2. The highest BCUT2D eigenvalue weighted by Crippen LogP contribution is 2.37. The fraction of sp³-hybridized carbons (Fsp3) is 0.308. The average molecular weight is 525 g/mol. The van der Waals surface area contributed by atoms with Gasteiger partial charge in [0.05, 0.1) is 49.6 Å². The number of anilines is 2. The molecule has 0 radical (unpaired) electrons. The molecule has 1 aliphatic carbocycles. The number of carbonyl (C=O) groups excluding carboxylic acids is 6. The predicted octanol–water partition coefficient (Wildman–Crippen LogP) is 0.900. The van der Waals surface area contributed by atoms with E-state index < -0.39 is 59.2 Å². The van der Waals surface area contributed by atoms with E-state index in [1.165, 1.54) is 38.1 Å². The van der Waals surface area contributed by atoms with Gasteiger partial charge in [-0.05, 0) is 26.0 Å². The maximum atomic E-state index is 13.5. The zero-order chi connectivity index (χ0) is 28.4. The van der Waals surface area contributed by atoms with Crippen LogP contribution in [-0.4, -0.2) is 60.6 Å². The standard InChI is InChI=1S/C26H28N4O8/c1-25(27,23(35)37-3)11-17(31)29-15-9-10-16(30-18(32)12-26(2,28)24(36)38-4)20-19(15)21(33)13-7-5-6-8-14(13)22(20)34/h5-10H,11-12,27-28H2,1-4H3,(H,29,31)(H,30,32)/t25-,26-/m0/s1. The first kappa shape index (κ1) is 28.2.